The molecule has 170 valence electrons. The molecule has 0 radical (unpaired) electrons. The summed E-state index contributed by atoms with van der Waals surface area (Å²) >= 11 is 0. The summed E-state index contributed by atoms with van der Waals surface area (Å²) in [4.78, 5) is 29.2. The molecule has 1 heterocycles. The van der Waals surface area contributed by atoms with Gasteiger partial charge in [0.05, 0.1) is 0 Å². The van der Waals surface area contributed by atoms with Crippen molar-refractivity contribution in [1.29, 1.82) is 0 Å². The summed E-state index contributed by atoms with van der Waals surface area (Å²) in [6, 6.07) is 26.1. The van der Waals surface area contributed by atoms with Gasteiger partial charge in [0.1, 0.15) is 11.5 Å². The molecule has 1 aliphatic heterocycles. The molecule has 0 atom stereocenters. The van der Waals surface area contributed by atoms with E-state index in [4.69, 9.17) is 4.74 Å². The zero-order valence-corrected chi connectivity index (χ0v) is 18.7. The maximum Gasteiger partial charge on any atom is 0.253 e. The van der Waals surface area contributed by atoms with Crippen molar-refractivity contribution in [2.75, 3.05) is 39.3 Å². The van der Waals surface area contributed by atoms with Crippen molar-refractivity contribution in [2.45, 2.75) is 6.42 Å². The smallest absolute Gasteiger partial charge is 0.253 e. The van der Waals surface area contributed by atoms with Gasteiger partial charge in [-0.15, -0.1) is 0 Å². The monoisotopic (exact) mass is 443 g/mol. The highest BCUT2D eigenvalue weighted by Gasteiger charge is 2.21. The minimum Gasteiger partial charge on any atom is -0.457 e. The van der Waals surface area contributed by atoms with Crippen LogP contribution in [0.3, 0.4) is 0 Å². The molecular formula is C27H29N3O3. The minimum absolute atomic E-state index is 0.0838. The molecule has 3 aromatic rings. The summed E-state index contributed by atoms with van der Waals surface area (Å²) in [6.45, 7) is 4.70. The average Bonchev–Trinajstić information content (AvgIpc) is 2.88. The summed E-state index contributed by atoms with van der Waals surface area (Å²) in [5.41, 5.74) is 1.36. The predicted molar refractivity (Wildman–Crippen MR) is 129 cm³/mol. The Morgan fingerprint density at radius 2 is 1.33 bits per heavy atom. The maximum atomic E-state index is 12.5. The van der Waals surface area contributed by atoms with Crippen molar-refractivity contribution in [2.24, 2.45) is 0 Å². The molecule has 1 N–H and O–H groups in total. The van der Waals surface area contributed by atoms with Crippen molar-refractivity contribution < 1.29 is 14.3 Å². The van der Waals surface area contributed by atoms with Crippen molar-refractivity contribution >= 4 is 11.8 Å². The van der Waals surface area contributed by atoms with Crippen LogP contribution < -0.4 is 10.1 Å². The second-order valence-corrected chi connectivity index (χ2v) is 8.05. The van der Waals surface area contributed by atoms with Gasteiger partial charge in [-0.1, -0.05) is 36.4 Å². The third-order valence-electron chi connectivity index (χ3n) is 5.71. The topological polar surface area (TPSA) is 61.9 Å². The molecular weight excluding hydrogens is 414 g/mol. The number of ether oxygens (including phenoxy) is 1. The Labute approximate surface area is 194 Å². The van der Waals surface area contributed by atoms with E-state index in [1.54, 1.807) is 24.3 Å². The Hall–Kier alpha value is -3.64. The van der Waals surface area contributed by atoms with Crippen LogP contribution >= 0.6 is 0 Å². The van der Waals surface area contributed by atoms with Crippen molar-refractivity contribution in [3.8, 4) is 11.5 Å². The van der Waals surface area contributed by atoms with E-state index in [-0.39, 0.29) is 11.8 Å². The Balaban J connectivity index is 1.14. The van der Waals surface area contributed by atoms with Crippen LogP contribution in [0.2, 0.25) is 0 Å². The lowest BCUT2D eigenvalue weighted by molar-refractivity contribution is 0.0634. The first-order valence-electron chi connectivity index (χ1n) is 11.4. The fraction of sp³-hybridized carbons (Fsp3) is 0.259. The quantitative estimate of drug-likeness (QED) is 0.534. The summed E-state index contributed by atoms with van der Waals surface area (Å²) < 4.78 is 5.76. The average molecular weight is 444 g/mol. The summed E-state index contributed by atoms with van der Waals surface area (Å²) in [5, 5.41) is 2.99. The summed E-state index contributed by atoms with van der Waals surface area (Å²) in [7, 11) is 0. The van der Waals surface area contributed by atoms with Gasteiger partial charge in [-0.2, -0.15) is 0 Å². The molecule has 0 spiro atoms. The Morgan fingerprint density at radius 1 is 0.727 bits per heavy atom. The minimum atomic E-state index is -0.0838. The van der Waals surface area contributed by atoms with Crippen LogP contribution in [-0.2, 0) is 0 Å². The molecule has 0 aliphatic carbocycles. The fourth-order valence-corrected chi connectivity index (χ4v) is 3.84. The number of hydrogen-bond acceptors (Lipinski definition) is 4. The normalized spacial score (nSPS) is 14.0. The van der Waals surface area contributed by atoms with Gasteiger partial charge in [0.2, 0.25) is 0 Å². The van der Waals surface area contributed by atoms with Crippen LogP contribution in [0.1, 0.15) is 27.1 Å². The highest BCUT2D eigenvalue weighted by Crippen LogP contribution is 2.21. The first-order valence-corrected chi connectivity index (χ1v) is 11.4. The number of rotatable bonds is 8. The number of nitrogens with one attached hydrogen (secondary N) is 1. The van der Waals surface area contributed by atoms with E-state index in [1.165, 1.54) is 0 Å². The first-order chi connectivity index (χ1) is 16.2. The van der Waals surface area contributed by atoms with E-state index in [1.807, 2.05) is 65.6 Å². The Morgan fingerprint density at radius 3 is 2.00 bits per heavy atom. The second-order valence-electron chi connectivity index (χ2n) is 8.05. The third kappa shape index (κ3) is 6.43. The maximum absolute atomic E-state index is 12.5. The first kappa shape index (κ1) is 22.6. The van der Waals surface area contributed by atoms with Gasteiger partial charge in [-0.05, 0) is 61.5 Å². The molecule has 0 saturated carbocycles. The van der Waals surface area contributed by atoms with Gasteiger partial charge in [-0.3, -0.25) is 14.5 Å². The SMILES string of the molecule is O=C(NCCCN1CCN(C(=O)c2ccccc2)CC1)c1ccc(Oc2ccccc2)cc1. The van der Waals surface area contributed by atoms with Gasteiger partial charge in [0, 0.05) is 43.9 Å². The van der Waals surface area contributed by atoms with E-state index < -0.39 is 0 Å². The van der Waals surface area contributed by atoms with Crippen LogP contribution in [0.4, 0.5) is 0 Å². The molecule has 0 unspecified atom stereocenters. The highest BCUT2D eigenvalue weighted by atomic mass is 16.5. The number of carbonyl (C=O) groups is 2. The number of amides is 2. The largest absolute Gasteiger partial charge is 0.457 e. The van der Waals surface area contributed by atoms with Crippen LogP contribution in [-0.4, -0.2) is 60.9 Å². The number of nitrogens with zero attached hydrogens (tertiary/aromatic N) is 2. The third-order valence-corrected chi connectivity index (χ3v) is 5.71. The Bertz CT molecular complexity index is 1030. The lowest BCUT2D eigenvalue weighted by Crippen LogP contribution is -2.49. The number of hydrogen-bond donors (Lipinski definition) is 1. The number of benzene rings is 3. The van der Waals surface area contributed by atoms with Gasteiger partial charge >= 0.3 is 0 Å². The van der Waals surface area contributed by atoms with Gasteiger partial charge < -0.3 is 15.0 Å². The standard InChI is InChI=1S/C27H29N3O3/c31-26(22-12-14-25(15-13-22)33-24-10-5-2-6-11-24)28-16-7-17-29-18-20-30(21-19-29)27(32)23-8-3-1-4-9-23/h1-6,8-15H,7,16-21H2,(H,28,31). The van der Waals surface area contributed by atoms with Crippen LogP contribution in [0.5, 0.6) is 11.5 Å². The van der Waals surface area contributed by atoms with E-state index in [0.29, 0.717) is 17.9 Å². The molecule has 6 nitrogen and oxygen atoms in total. The molecule has 3 aromatic carbocycles. The van der Waals surface area contributed by atoms with E-state index in [2.05, 4.69) is 10.2 Å². The fourth-order valence-electron chi connectivity index (χ4n) is 3.84. The van der Waals surface area contributed by atoms with E-state index in [9.17, 15) is 9.59 Å². The molecule has 1 saturated heterocycles. The molecule has 1 aliphatic rings. The number of para-hydroxylation sites is 1. The second kappa shape index (κ2) is 11.3. The highest BCUT2D eigenvalue weighted by molar-refractivity contribution is 5.94. The zero-order valence-electron chi connectivity index (χ0n) is 18.7. The Kier molecular flexibility index (Phi) is 7.72. The summed E-state index contributed by atoms with van der Waals surface area (Å²) in [6.07, 6.45) is 0.869. The molecule has 6 heteroatoms. The molecule has 33 heavy (non-hydrogen) atoms. The predicted octanol–water partition coefficient (Wildman–Crippen LogP) is 4.06. The lowest BCUT2D eigenvalue weighted by atomic mass is 10.2. The van der Waals surface area contributed by atoms with Crippen molar-refractivity contribution in [1.82, 2.24) is 15.1 Å². The lowest BCUT2D eigenvalue weighted by Gasteiger charge is -2.34. The van der Waals surface area contributed by atoms with Crippen molar-refractivity contribution in [3.63, 3.8) is 0 Å². The van der Waals surface area contributed by atoms with Crippen LogP contribution in [0, 0.1) is 0 Å². The molecule has 0 bridgehead atoms. The van der Waals surface area contributed by atoms with Gasteiger partial charge in [0.25, 0.3) is 11.8 Å². The van der Waals surface area contributed by atoms with Crippen molar-refractivity contribution in [3.05, 3.63) is 96.1 Å². The van der Waals surface area contributed by atoms with E-state index in [0.717, 1.165) is 50.5 Å². The van der Waals surface area contributed by atoms with Gasteiger partial charge in [-0.25, -0.2) is 0 Å². The molecule has 1 fully saturated rings. The van der Waals surface area contributed by atoms with Crippen LogP contribution in [0.25, 0.3) is 0 Å². The van der Waals surface area contributed by atoms with Gasteiger partial charge in [0.15, 0.2) is 0 Å². The molecule has 0 aromatic heterocycles. The summed E-state index contributed by atoms with van der Waals surface area (Å²) in [5.74, 6) is 1.48. The number of carbonyl (C=O) groups excluding carboxylic acids is 2. The molecule has 2 amide bonds. The number of piperazine rings is 1. The van der Waals surface area contributed by atoms with Crippen LogP contribution in [0.15, 0.2) is 84.9 Å². The molecule has 4 rings (SSSR count). The zero-order chi connectivity index (χ0) is 22.9. The van der Waals surface area contributed by atoms with E-state index >= 15 is 0 Å².